The number of carbonyl (C=O) groups is 1. The Morgan fingerprint density at radius 1 is 1.19 bits per heavy atom. The maximum absolute atomic E-state index is 11.8. The van der Waals surface area contributed by atoms with Crippen molar-refractivity contribution in [1.29, 1.82) is 0 Å². The fourth-order valence-corrected chi connectivity index (χ4v) is 1.98. The summed E-state index contributed by atoms with van der Waals surface area (Å²) in [6.07, 6.45) is 0. The first-order valence-electron chi connectivity index (χ1n) is 6.56. The van der Waals surface area contributed by atoms with Crippen LogP contribution in [0.15, 0.2) is 48.5 Å². The molecule has 0 unspecified atom stereocenters. The minimum absolute atomic E-state index is 0.0780. The number of hydrogen-bond acceptors (Lipinski definition) is 3. The molecule has 0 fully saturated rings. The molecular formula is C16H17ClN2O2. The van der Waals surface area contributed by atoms with Crippen LogP contribution in [0.1, 0.15) is 5.56 Å². The second kappa shape index (κ2) is 7.55. The van der Waals surface area contributed by atoms with E-state index < -0.39 is 0 Å². The zero-order valence-electron chi connectivity index (χ0n) is 11.7. The van der Waals surface area contributed by atoms with Crippen molar-refractivity contribution in [1.82, 2.24) is 5.32 Å². The van der Waals surface area contributed by atoms with Gasteiger partial charge in [-0.3, -0.25) is 4.79 Å². The summed E-state index contributed by atoms with van der Waals surface area (Å²) in [6.45, 7) is 0.691. The van der Waals surface area contributed by atoms with Crippen LogP contribution in [0.25, 0.3) is 0 Å². The van der Waals surface area contributed by atoms with E-state index in [1.165, 1.54) is 0 Å². The number of amides is 1. The van der Waals surface area contributed by atoms with Crippen molar-refractivity contribution < 1.29 is 9.53 Å². The van der Waals surface area contributed by atoms with E-state index in [-0.39, 0.29) is 12.5 Å². The van der Waals surface area contributed by atoms with Crippen molar-refractivity contribution >= 4 is 23.2 Å². The Hall–Kier alpha value is -2.20. The van der Waals surface area contributed by atoms with E-state index in [1.807, 2.05) is 36.4 Å². The van der Waals surface area contributed by atoms with Gasteiger partial charge in [0.1, 0.15) is 5.75 Å². The summed E-state index contributed by atoms with van der Waals surface area (Å²) in [6, 6.07) is 14.8. The highest BCUT2D eigenvalue weighted by Crippen LogP contribution is 2.14. The van der Waals surface area contributed by atoms with E-state index in [2.05, 4.69) is 10.6 Å². The molecule has 0 aliphatic heterocycles. The molecule has 0 spiro atoms. The molecule has 0 aliphatic rings. The first kappa shape index (κ1) is 15.2. The maximum Gasteiger partial charge on any atom is 0.239 e. The van der Waals surface area contributed by atoms with Crippen molar-refractivity contribution in [2.45, 2.75) is 6.54 Å². The Kier molecular flexibility index (Phi) is 5.46. The highest BCUT2D eigenvalue weighted by Gasteiger charge is 2.02. The van der Waals surface area contributed by atoms with Crippen molar-refractivity contribution in [3.05, 3.63) is 59.1 Å². The smallest absolute Gasteiger partial charge is 0.239 e. The van der Waals surface area contributed by atoms with Gasteiger partial charge in [0.25, 0.3) is 0 Å². The molecule has 0 aromatic heterocycles. The van der Waals surface area contributed by atoms with Gasteiger partial charge in [-0.2, -0.15) is 0 Å². The quantitative estimate of drug-likeness (QED) is 0.862. The van der Waals surface area contributed by atoms with Gasteiger partial charge in [0.15, 0.2) is 0 Å². The van der Waals surface area contributed by atoms with E-state index in [0.717, 1.165) is 17.0 Å². The Morgan fingerprint density at radius 2 is 1.95 bits per heavy atom. The predicted molar refractivity (Wildman–Crippen MR) is 84.8 cm³/mol. The average Bonchev–Trinajstić information content (AvgIpc) is 2.51. The minimum Gasteiger partial charge on any atom is -0.497 e. The first-order chi connectivity index (χ1) is 10.2. The number of methoxy groups -OCH3 is 1. The topological polar surface area (TPSA) is 50.4 Å². The summed E-state index contributed by atoms with van der Waals surface area (Å²) in [4.78, 5) is 11.8. The van der Waals surface area contributed by atoms with Gasteiger partial charge >= 0.3 is 0 Å². The van der Waals surface area contributed by atoms with Crippen molar-refractivity contribution in [2.24, 2.45) is 0 Å². The summed E-state index contributed by atoms with van der Waals surface area (Å²) in [5.74, 6) is 0.721. The highest BCUT2D eigenvalue weighted by molar-refractivity contribution is 6.30. The molecule has 0 saturated carbocycles. The molecule has 1 amide bonds. The largest absolute Gasteiger partial charge is 0.497 e. The SMILES string of the molecule is COc1ccc(CNC(=O)CNc2cccc(Cl)c2)cc1. The number of rotatable bonds is 6. The van der Waals surface area contributed by atoms with Gasteiger partial charge in [0.05, 0.1) is 13.7 Å². The molecule has 4 nitrogen and oxygen atoms in total. The Bertz CT molecular complexity index is 599. The number of ether oxygens (including phenoxy) is 1. The van der Waals surface area contributed by atoms with Gasteiger partial charge in [-0.25, -0.2) is 0 Å². The van der Waals surface area contributed by atoms with Crippen LogP contribution in [-0.4, -0.2) is 19.6 Å². The fourth-order valence-electron chi connectivity index (χ4n) is 1.79. The molecular weight excluding hydrogens is 288 g/mol. The molecule has 2 aromatic rings. The van der Waals surface area contributed by atoms with Gasteiger partial charge in [-0.05, 0) is 35.9 Å². The molecule has 0 aliphatic carbocycles. The third-order valence-electron chi connectivity index (χ3n) is 2.93. The number of anilines is 1. The number of benzene rings is 2. The maximum atomic E-state index is 11.8. The van der Waals surface area contributed by atoms with Crippen molar-refractivity contribution in [2.75, 3.05) is 19.0 Å². The van der Waals surface area contributed by atoms with Gasteiger partial charge in [-0.15, -0.1) is 0 Å². The number of hydrogen-bond donors (Lipinski definition) is 2. The number of halogens is 1. The van der Waals surface area contributed by atoms with E-state index in [1.54, 1.807) is 19.2 Å². The number of carbonyl (C=O) groups excluding carboxylic acids is 1. The lowest BCUT2D eigenvalue weighted by Gasteiger charge is -2.08. The molecule has 0 atom stereocenters. The summed E-state index contributed by atoms with van der Waals surface area (Å²) in [5, 5.41) is 6.51. The second-order valence-corrected chi connectivity index (χ2v) is 4.93. The molecule has 0 bridgehead atoms. The molecule has 2 N–H and O–H groups in total. The van der Waals surface area contributed by atoms with Crippen LogP contribution in [0.5, 0.6) is 5.75 Å². The van der Waals surface area contributed by atoms with Crippen LogP contribution < -0.4 is 15.4 Å². The fraction of sp³-hybridized carbons (Fsp3) is 0.188. The molecule has 110 valence electrons. The normalized spacial score (nSPS) is 10.0. The van der Waals surface area contributed by atoms with E-state index in [4.69, 9.17) is 16.3 Å². The second-order valence-electron chi connectivity index (χ2n) is 4.49. The Balaban J connectivity index is 1.76. The highest BCUT2D eigenvalue weighted by atomic mass is 35.5. The zero-order valence-corrected chi connectivity index (χ0v) is 12.5. The van der Waals surface area contributed by atoms with E-state index >= 15 is 0 Å². The molecule has 2 aromatic carbocycles. The van der Waals surface area contributed by atoms with E-state index in [9.17, 15) is 4.79 Å². The molecule has 21 heavy (non-hydrogen) atoms. The standard InChI is InChI=1S/C16H17ClN2O2/c1-21-15-7-5-12(6-8-15)10-19-16(20)11-18-14-4-2-3-13(17)9-14/h2-9,18H,10-11H2,1H3,(H,19,20). The van der Waals surface area contributed by atoms with Gasteiger partial charge in [-0.1, -0.05) is 29.8 Å². The zero-order chi connectivity index (χ0) is 15.1. The first-order valence-corrected chi connectivity index (χ1v) is 6.94. The van der Waals surface area contributed by atoms with Gasteiger partial charge < -0.3 is 15.4 Å². The van der Waals surface area contributed by atoms with Crippen LogP contribution in [0, 0.1) is 0 Å². The monoisotopic (exact) mass is 304 g/mol. The van der Waals surface area contributed by atoms with Crippen LogP contribution in [0.2, 0.25) is 5.02 Å². The lowest BCUT2D eigenvalue weighted by Crippen LogP contribution is -2.29. The average molecular weight is 305 g/mol. The van der Waals surface area contributed by atoms with Gasteiger partial charge in [0, 0.05) is 17.3 Å². The molecule has 0 heterocycles. The summed E-state index contributed by atoms with van der Waals surface area (Å²) in [5.41, 5.74) is 1.84. The van der Waals surface area contributed by atoms with Gasteiger partial charge in [0.2, 0.25) is 5.91 Å². The lowest BCUT2D eigenvalue weighted by molar-refractivity contribution is -0.119. The molecule has 0 saturated heterocycles. The summed E-state index contributed by atoms with van der Waals surface area (Å²) >= 11 is 5.88. The summed E-state index contributed by atoms with van der Waals surface area (Å²) in [7, 11) is 1.62. The van der Waals surface area contributed by atoms with Crippen LogP contribution in [-0.2, 0) is 11.3 Å². The summed E-state index contributed by atoms with van der Waals surface area (Å²) < 4.78 is 5.08. The Labute approximate surface area is 129 Å². The lowest BCUT2D eigenvalue weighted by atomic mass is 10.2. The third kappa shape index (κ3) is 5.00. The predicted octanol–water partition coefficient (Wildman–Crippen LogP) is 3.08. The third-order valence-corrected chi connectivity index (χ3v) is 3.16. The van der Waals surface area contributed by atoms with Crippen LogP contribution in [0.4, 0.5) is 5.69 Å². The molecule has 2 rings (SSSR count). The van der Waals surface area contributed by atoms with Crippen LogP contribution in [0.3, 0.4) is 0 Å². The van der Waals surface area contributed by atoms with Crippen molar-refractivity contribution in [3.8, 4) is 5.75 Å². The molecule has 0 radical (unpaired) electrons. The Morgan fingerprint density at radius 3 is 2.62 bits per heavy atom. The van der Waals surface area contributed by atoms with Crippen LogP contribution >= 0.6 is 11.6 Å². The minimum atomic E-state index is -0.0780. The van der Waals surface area contributed by atoms with E-state index in [0.29, 0.717) is 11.6 Å². The molecule has 5 heteroatoms. The number of nitrogens with one attached hydrogen (secondary N) is 2. The van der Waals surface area contributed by atoms with Crippen molar-refractivity contribution in [3.63, 3.8) is 0 Å².